The predicted molar refractivity (Wildman–Crippen MR) is 145 cm³/mol. The molecular formula is C29H46N2O4. The van der Waals surface area contributed by atoms with Crippen LogP contribution in [0.4, 0.5) is 0 Å². The van der Waals surface area contributed by atoms with Gasteiger partial charge in [0.05, 0.1) is 28.4 Å². The second kappa shape index (κ2) is 13.6. The van der Waals surface area contributed by atoms with E-state index in [1.165, 1.54) is 11.1 Å². The molecule has 196 valence electrons. The fraction of sp³-hybridized carbons (Fsp3) is 0.586. The van der Waals surface area contributed by atoms with E-state index < -0.39 is 0 Å². The third-order valence-electron chi connectivity index (χ3n) is 7.05. The summed E-state index contributed by atoms with van der Waals surface area (Å²) >= 11 is 0. The molecule has 0 spiro atoms. The number of benzene rings is 2. The minimum atomic E-state index is 0.0211. The molecule has 0 saturated heterocycles. The Kier molecular flexibility index (Phi) is 11.2. The van der Waals surface area contributed by atoms with E-state index in [1.54, 1.807) is 28.4 Å². The van der Waals surface area contributed by atoms with Crippen LogP contribution in [0.1, 0.15) is 37.8 Å². The predicted octanol–water partition coefficient (Wildman–Crippen LogP) is 5.13. The smallest absolute Gasteiger partial charge is 0.161 e. The lowest BCUT2D eigenvalue weighted by atomic mass is 9.68. The van der Waals surface area contributed by atoms with Crippen LogP contribution >= 0.6 is 0 Å². The molecule has 2 rings (SSSR count). The first-order valence-electron chi connectivity index (χ1n) is 12.5. The van der Waals surface area contributed by atoms with Gasteiger partial charge < -0.3 is 28.7 Å². The molecule has 0 radical (unpaired) electrons. The van der Waals surface area contributed by atoms with E-state index in [2.05, 4.69) is 69.1 Å². The van der Waals surface area contributed by atoms with Crippen molar-refractivity contribution in [3.05, 3.63) is 47.5 Å². The second-order valence-corrected chi connectivity index (χ2v) is 9.96. The van der Waals surface area contributed by atoms with Crippen LogP contribution in [0.5, 0.6) is 23.0 Å². The largest absolute Gasteiger partial charge is 0.493 e. The Morgan fingerprint density at radius 1 is 0.743 bits per heavy atom. The summed E-state index contributed by atoms with van der Waals surface area (Å²) in [4.78, 5) is 4.73. The summed E-state index contributed by atoms with van der Waals surface area (Å²) in [5.74, 6) is 3.59. The molecular weight excluding hydrogens is 440 g/mol. The van der Waals surface area contributed by atoms with Crippen molar-refractivity contribution in [1.29, 1.82) is 0 Å². The van der Waals surface area contributed by atoms with Crippen molar-refractivity contribution < 1.29 is 18.9 Å². The first-order chi connectivity index (χ1) is 16.7. The summed E-state index contributed by atoms with van der Waals surface area (Å²) in [7, 11) is 13.3. The first kappa shape index (κ1) is 28.8. The molecule has 0 aliphatic carbocycles. The van der Waals surface area contributed by atoms with Crippen molar-refractivity contribution in [2.24, 2.45) is 5.92 Å². The molecule has 1 unspecified atom stereocenters. The third kappa shape index (κ3) is 7.52. The van der Waals surface area contributed by atoms with E-state index >= 15 is 0 Å². The average molecular weight is 487 g/mol. The van der Waals surface area contributed by atoms with E-state index in [9.17, 15) is 0 Å². The molecule has 0 heterocycles. The van der Waals surface area contributed by atoms with Gasteiger partial charge in [-0.25, -0.2) is 0 Å². The normalized spacial score (nSPS) is 13.3. The Bertz CT molecular complexity index is 916. The van der Waals surface area contributed by atoms with Crippen LogP contribution in [0.2, 0.25) is 0 Å². The topological polar surface area (TPSA) is 43.4 Å². The lowest BCUT2D eigenvalue weighted by molar-refractivity contribution is 0.190. The Balaban J connectivity index is 2.10. The van der Waals surface area contributed by atoms with Gasteiger partial charge in [-0.15, -0.1) is 0 Å². The Hall–Kier alpha value is -2.44. The molecule has 0 aliphatic rings. The lowest BCUT2D eigenvalue weighted by Gasteiger charge is -2.41. The number of hydrogen-bond donors (Lipinski definition) is 0. The Labute approximate surface area is 213 Å². The van der Waals surface area contributed by atoms with Crippen LogP contribution in [0.3, 0.4) is 0 Å². The summed E-state index contributed by atoms with van der Waals surface area (Å²) in [5, 5.41) is 0. The molecule has 0 fully saturated rings. The molecule has 0 aliphatic heterocycles. The van der Waals surface area contributed by atoms with Gasteiger partial charge in [0, 0.05) is 18.5 Å². The van der Waals surface area contributed by atoms with E-state index in [0.29, 0.717) is 5.92 Å². The van der Waals surface area contributed by atoms with Crippen LogP contribution in [0, 0.1) is 5.92 Å². The molecule has 0 aromatic heterocycles. The number of ether oxygens (including phenoxy) is 4. The van der Waals surface area contributed by atoms with Gasteiger partial charge in [-0.1, -0.05) is 26.0 Å². The standard InChI is InChI=1S/C29H46N2O4/c1-22(2)29(21-30(3)4,24-12-14-26(33-7)28(20-24)35-9)16-10-17-31(5)18-15-23-11-13-25(32-6)27(19-23)34-8/h11-14,19-20,22H,10,15-18,21H2,1-9H3. The highest BCUT2D eigenvalue weighted by atomic mass is 16.5. The molecule has 2 aromatic rings. The second-order valence-electron chi connectivity index (χ2n) is 9.96. The number of likely N-dealkylation sites (N-methyl/N-ethyl adjacent to an activating group) is 2. The molecule has 6 nitrogen and oxygen atoms in total. The fourth-order valence-corrected chi connectivity index (χ4v) is 4.96. The summed E-state index contributed by atoms with van der Waals surface area (Å²) in [5.41, 5.74) is 2.59. The highest BCUT2D eigenvalue weighted by Gasteiger charge is 2.36. The Morgan fingerprint density at radius 2 is 1.31 bits per heavy atom. The molecule has 0 N–H and O–H groups in total. The third-order valence-corrected chi connectivity index (χ3v) is 7.05. The molecule has 0 saturated carbocycles. The molecule has 35 heavy (non-hydrogen) atoms. The van der Waals surface area contributed by atoms with Gasteiger partial charge >= 0.3 is 0 Å². The van der Waals surface area contributed by atoms with E-state index in [0.717, 1.165) is 61.9 Å². The van der Waals surface area contributed by atoms with Crippen molar-refractivity contribution in [2.45, 2.75) is 38.5 Å². The van der Waals surface area contributed by atoms with Crippen molar-refractivity contribution in [2.75, 3.05) is 69.2 Å². The number of methoxy groups -OCH3 is 4. The SMILES string of the molecule is COc1ccc(CCN(C)CCCC(CN(C)C)(c2ccc(OC)c(OC)c2)C(C)C)cc1OC. The molecule has 0 amide bonds. The van der Waals surface area contributed by atoms with Crippen LogP contribution in [0.15, 0.2) is 36.4 Å². The highest BCUT2D eigenvalue weighted by Crippen LogP contribution is 2.41. The first-order valence-corrected chi connectivity index (χ1v) is 12.5. The van der Waals surface area contributed by atoms with Crippen molar-refractivity contribution >= 4 is 0 Å². The summed E-state index contributed by atoms with van der Waals surface area (Å²) in [6.07, 6.45) is 3.18. The zero-order chi connectivity index (χ0) is 26.0. The summed E-state index contributed by atoms with van der Waals surface area (Å²) in [6.45, 7) is 7.69. The number of rotatable bonds is 15. The average Bonchev–Trinajstić information content (AvgIpc) is 2.85. The minimum absolute atomic E-state index is 0.0211. The minimum Gasteiger partial charge on any atom is -0.493 e. The maximum atomic E-state index is 5.64. The maximum absolute atomic E-state index is 5.64. The van der Waals surface area contributed by atoms with Crippen LogP contribution in [0.25, 0.3) is 0 Å². The van der Waals surface area contributed by atoms with E-state index in [4.69, 9.17) is 18.9 Å². The quantitative estimate of drug-likeness (QED) is 0.348. The number of hydrogen-bond acceptors (Lipinski definition) is 6. The molecule has 1 atom stereocenters. The van der Waals surface area contributed by atoms with Gasteiger partial charge in [-0.3, -0.25) is 0 Å². The van der Waals surface area contributed by atoms with E-state index in [1.807, 2.05) is 12.1 Å². The zero-order valence-electron chi connectivity index (χ0n) is 23.3. The van der Waals surface area contributed by atoms with Gasteiger partial charge in [0.25, 0.3) is 0 Å². The highest BCUT2D eigenvalue weighted by molar-refractivity contribution is 5.46. The van der Waals surface area contributed by atoms with Crippen LogP contribution < -0.4 is 18.9 Å². The monoisotopic (exact) mass is 486 g/mol. The molecule has 2 aromatic carbocycles. The Morgan fingerprint density at radius 3 is 1.86 bits per heavy atom. The van der Waals surface area contributed by atoms with Gasteiger partial charge in [0.2, 0.25) is 0 Å². The van der Waals surface area contributed by atoms with Gasteiger partial charge in [0.15, 0.2) is 23.0 Å². The maximum Gasteiger partial charge on any atom is 0.161 e. The molecule has 0 bridgehead atoms. The van der Waals surface area contributed by atoms with Gasteiger partial charge in [-0.2, -0.15) is 0 Å². The van der Waals surface area contributed by atoms with Crippen molar-refractivity contribution in [1.82, 2.24) is 9.80 Å². The lowest BCUT2D eigenvalue weighted by Crippen LogP contribution is -2.42. The summed E-state index contributed by atoms with van der Waals surface area (Å²) in [6, 6.07) is 12.6. The van der Waals surface area contributed by atoms with Crippen molar-refractivity contribution in [3.8, 4) is 23.0 Å². The summed E-state index contributed by atoms with van der Waals surface area (Å²) < 4.78 is 21.9. The van der Waals surface area contributed by atoms with Crippen molar-refractivity contribution in [3.63, 3.8) is 0 Å². The van der Waals surface area contributed by atoms with Crippen LogP contribution in [-0.2, 0) is 11.8 Å². The van der Waals surface area contributed by atoms with Gasteiger partial charge in [-0.05, 0) is 88.3 Å². The van der Waals surface area contributed by atoms with Crippen LogP contribution in [-0.4, -0.2) is 79.0 Å². The molecule has 6 heteroatoms. The van der Waals surface area contributed by atoms with E-state index in [-0.39, 0.29) is 5.41 Å². The number of nitrogens with zero attached hydrogens (tertiary/aromatic N) is 2. The van der Waals surface area contributed by atoms with Gasteiger partial charge in [0.1, 0.15) is 0 Å². The fourth-order valence-electron chi connectivity index (χ4n) is 4.96. The zero-order valence-corrected chi connectivity index (χ0v) is 23.3.